The van der Waals surface area contributed by atoms with E-state index in [-0.39, 0.29) is 0 Å². The topological polar surface area (TPSA) is 0 Å². The molecule has 0 unspecified atom stereocenters. The molecule has 0 spiro atoms. The Morgan fingerprint density at radius 2 is 2.08 bits per heavy atom. The Morgan fingerprint density at radius 3 is 2.58 bits per heavy atom. The van der Waals surface area contributed by atoms with Gasteiger partial charge in [0.2, 0.25) is 0 Å². The van der Waals surface area contributed by atoms with Crippen LogP contribution in [0.25, 0.3) is 0 Å². The highest BCUT2D eigenvalue weighted by atomic mass is 15.4. The predicted octanol–water partition coefficient (Wildman–Crippen LogP) is 1.82. The van der Waals surface area contributed by atoms with Gasteiger partial charge < -0.3 is 4.39 Å². The van der Waals surface area contributed by atoms with Crippen molar-refractivity contribution in [3.8, 4) is 0 Å². The fourth-order valence-electron chi connectivity index (χ4n) is 1.54. The normalized spacial score (nSPS) is 33.3. The Bertz CT molecular complexity index is 272. The molecule has 1 heterocycles. The van der Waals surface area contributed by atoms with Gasteiger partial charge in [0.25, 0.3) is 0 Å². The van der Waals surface area contributed by atoms with Crippen LogP contribution in [0.3, 0.4) is 0 Å². The minimum Gasteiger partial charge on any atom is -0.735 e. The zero-order valence-corrected chi connectivity index (χ0v) is 7.27. The lowest BCUT2D eigenvalue weighted by Crippen LogP contribution is -2.20. The van der Waals surface area contributed by atoms with E-state index in [1.807, 2.05) is 6.07 Å². The van der Waals surface area contributed by atoms with Gasteiger partial charge in [-0.2, -0.15) is 0 Å². The molecule has 2 rings (SSSR count). The highest BCUT2D eigenvalue weighted by molar-refractivity contribution is 5.99. The lowest BCUT2D eigenvalue weighted by molar-refractivity contribution is -0.674. The van der Waals surface area contributed by atoms with Crippen LogP contribution in [-0.4, -0.2) is 18.9 Å². The fraction of sp³-hybridized carbons (Fsp3) is 0.300. The van der Waals surface area contributed by atoms with Crippen LogP contribution >= 0.6 is 0 Å². The van der Waals surface area contributed by atoms with Gasteiger partial charge in [-0.1, -0.05) is 30.3 Å². The maximum absolute atomic E-state index is 6.00. The van der Waals surface area contributed by atoms with Crippen molar-refractivity contribution in [1.29, 1.82) is 0 Å². The number of benzene rings is 1. The van der Waals surface area contributed by atoms with Gasteiger partial charge in [-0.3, -0.25) is 7.98 Å². The first-order valence-electron chi connectivity index (χ1n) is 4.33. The van der Waals surface area contributed by atoms with Crippen molar-refractivity contribution in [3.05, 3.63) is 42.4 Å². The molecule has 0 aromatic heterocycles. The molecule has 1 aliphatic heterocycles. The average Bonchev–Trinajstić information content (AvgIpc) is 2.81. The van der Waals surface area contributed by atoms with Crippen molar-refractivity contribution < 1.29 is 4.39 Å². The lowest BCUT2D eigenvalue weighted by atomic mass is 10.1. The molecule has 2 atom stereocenters. The molecule has 1 aromatic carbocycles. The molecule has 1 fully saturated rings. The smallest absolute Gasteiger partial charge is 0.00580 e. The molecule has 12 heavy (non-hydrogen) atoms. The van der Waals surface area contributed by atoms with E-state index in [0.717, 1.165) is 6.54 Å². The molecule has 0 amide bonds. The molecular weight excluding hydrogens is 145 g/mol. The summed E-state index contributed by atoms with van der Waals surface area (Å²) in [6.45, 7) is 5.24. The third-order valence-corrected chi connectivity index (χ3v) is 2.54. The van der Waals surface area contributed by atoms with Crippen LogP contribution in [0.4, 0.5) is 0 Å². The van der Waals surface area contributed by atoms with Crippen molar-refractivity contribution in [2.24, 2.45) is 0 Å². The third kappa shape index (κ3) is 1.16. The largest absolute Gasteiger partial charge is 0.735 e. The van der Waals surface area contributed by atoms with Crippen molar-refractivity contribution >= 4 is 7.98 Å². The Balaban J connectivity index is 2.16. The zero-order chi connectivity index (χ0) is 8.60. The van der Waals surface area contributed by atoms with E-state index in [4.69, 9.17) is 7.98 Å². The monoisotopic (exact) mass is 157 g/mol. The number of hydrogen-bond acceptors (Lipinski definition) is 0. The highest BCUT2D eigenvalue weighted by Crippen LogP contribution is 2.46. The summed E-state index contributed by atoms with van der Waals surface area (Å²) in [6.07, 6.45) is 0. The van der Waals surface area contributed by atoms with Crippen molar-refractivity contribution in [2.75, 3.05) is 6.54 Å². The first kappa shape index (κ1) is 7.87. The molecule has 3 radical (unpaired) electrons. The summed E-state index contributed by atoms with van der Waals surface area (Å²) in [5.41, 5.74) is 1.32. The van der Waals surface area contributed by atoms with Gasteiger partial charge >= 0.3 is 0 Å². The quantitative estimate of drug-likeness (QED) is 0.349. The zero-order valence-electron chi connectivity index (χ0n) is 7.27. The Morgan fingerprint density at radius 1 is 1.42 bits per heavy atom. The Kier molecular flexibility index (Phi) is 1.73. The minimum atomic E-state index is 0.427. The van der Waals surface area contributed by atoms with Gasteiger partial charge in [0.05, 0.1) is 0 Å². The number of rotatable bonds is 2. The molecule has 1 nitrogen and oxygen atoms in total. The van der Waals surface area contributed by atoms with E-state index in [1.54, 1.807) is 0 Å². The van der Waals surface area contributed by atoms with Crippen LogP contribution in [0, 0.1) is 6.54 Å². The second kappa shape index (κ2) is 2.63. The summed E-state index contributed by atoms with van der Waals surface area (Å²) in [6, 6.07) is 10.8. The maximum atomic E-state index is 6.00. The molecule has 0 aliphatic carbocycles. The lowest BCUT2D eigenvalue weighted by Gasteiger charge is -2.39. The van der Waals surface area contributed by atoms with Gasteiger partial charge in [0, 0.05) is 6.54 Å². The van der Waals surface area contributed by atoms with Crippen LogP contribution in [0.1, 0.15) is 18.5 Å². The summed E-state index contributed by atoms with van der Waals surface area (Å²) in [4.78, 5) is 0. The highest BCUT2D eigenvalue weighted by Gasteiger charge is 2.26. The van der Waals surface area contributed by atoms with Crippen molar-refractivity contribution in [1.82, 2.24) is 0 Å². The summed E-state index contributed by atoms with van der Waals surface area (Å²) in [5.74, 6) is 0. The van der Waals surface area contributed by atoms with E-state index in [0.29, 0.717) is 10.4 Å². The summed E-state index contributed by atoms with van der Waals surface area (Å²) < 4.78 is 0.601. The van der Waals surface area contributed by atoms with E-state index in [2.05, 4.69) is 37.7 Å². The van der Waals surface area contributed by atoms with Crippen LogP contribution in [0.15, 0.2) is 30.3 Å². The first-order chi connectivity index (χ1) is 5.76. The molecule has 0 N–H and O–H groups in total. The van der Waals surface area contributed by atoms with E-state index in [1.165, 1.54) is 5.56 Å². The maximum Gasteiger partial charge on any atom is 0.00580 e. The minimum absolute atomic E-state index is 0.427. The fourth-order valence-corrected chi connectivity index (χ4v) is 1.54. The molecule has 0 saturated carbocycles. The molecule has 61 valence electrons. The van der Waals surface area contributed by atoms with Gasteiger partial charge in [-0.15, -0.1) is 6.54 Å². The van der Waals surface area contributed by atoms with Crippen LogP contribution in [-0.2, 0) is 0 Å². The molecule has 0 bridgehead atoms. The van der Waals surface area contributed by atoms with E-state index in [9.17, 15) is 0 Å². The number of likely N-dealkylation sites (N-methyl/N-ethyl adjacent to an activating group) is 1. The third-order valence-electron chi connectivity index (χ3n) is 2.54. The number of quaternary nitrogens is 1. The number of nitrogens with zero attached hydrogens (tertiary/aromatic N) is 1. The SMILES string of the molecule is [B-][N@+]1(CC)[CH-][C@@H]1c1ccccc1. The van der Waals surface area contributed by atoms with Gasteiger partial charge in [-0.05, 0) is 18.5 Å². The van der Waals surface area contributed by atoms with Gasteiger partial charge in [-0.25, -0.2) is 0 Å². The number of hydrogen-bond donors (Lipinski definition) is 0. The molecule has 1 aliphatic rings. The van der Waals surface area contributed by atoms with Crippen LogP contribution < -0.4 is 0 Å². The Hall–Kier alpha value is -0.755. The van der Waals surface area contributed by atoms with Gasteiger partial charge in [0.1, 0.15) is 0 Å². The average molecular weight is 157 g/mol. The van der Waals surface area contributed by atoms with E-state index < -0.39 is 0 Å². The summed E-state index contributed by atoms with van der Waals surface area (Å²) >= 11 is 0. The van der Waals surface area contributed by atoms with Crippen LogP contribution in [0.5, 0.6) is 0 Å². The molecule has 2 heteroatoms. The van der Waals surface area contributed by atoms with Crippen molar-refractivity contribution in [2.45, 2.75) is 13.0 Å². The molecule has 1 saturated heterocycles. The Labute approximate surface area is 75.0 Å². The van der Waals surface area contributed by atoms with E-state index >= 15 is 0 Å². The van der Waals surface area contributed by atoms with Crippen LogP contribution in [0.2, 0.25) is 0 Å². The second-order valence-corrected chi connectivity index (χ2v) is 3.32. The molecular formula is C10H12BN-. The summed E-state index contributed by atoms with van der Waals surface area (Å²) in [5, 5.41) is 0. The molecule has 1 aromatic rings. The standard InChI is InChI=1S/C10H12BN/c1-2-12(11)8-10(12)9-6-4-3-5-7-9/h3-8,10H,2H2,1H3/q-1/t10-,12-/m1/s1. The first-order valence-corrected chi connectivity index (χ1v) is 4.33. The predicted molar refractivity (Wildman–Crippen MR) is 50.0 cm³/mol. The second-order valence-electron chi connectivity index (χ2n) is 3.32. The van der Waals surface area contributed by atoms with Crippen molar-refractivity contribution in [3.63, 3.8) is 0 Å². The summed E-state index contributed by atoms with van der Waals surface area (Å²) in [7, 11) is 6.00. The van der Waals surface area contributed by atoms with Gasteiger partial charge in [0.15, 0.2) is 0 Å².